The van der Waals surface area contributed by atoms with Crippen molar-refractivity contribution in [1.29, 1.82) is 0 Å². The standard InChI is InChI=1S/C32H53NO2/c1-8-23-9-13-28(5)24(19-23)10-14-29(6)26(28)12-16-32(33)27-25(21(2)3)11-15-31(27,20-35-22(4)34)18-17-30(29,32)7/h23-27H,2,8-20,33H2,1,3-7H3/t23-,24?,25-,26+,27-,28-,29+,30-,31+,32-/m0/s1. The van der Waals surface area contributed by atoms with Crippen LogP contribution in [0.25, 0.3) is 0 Å². The molecule has 198 valence electrons. The number of esters is 1. The van der Waals surface area contributed by atoms with Crippen LogP contribution in [-0.4, -0.2) is 18.1 Å². The molecule has 5 aliphatic carbocycles. The summed E-state index contributed by atoms with van der Waals surface area (Å²) < 4.78 is 5.79. The molecule has 5 saturated carbocycles. The average Bonchev–Trinajstić information content (AvgIpc) is 3.20. The highest BCUT2D eigenvalue weighted by molar-refractivity contribution is 5.66. The Morgan fingerprint density at radius 1 is 0.971 bits per heavy atom. The molecule has 35 heavy (non-hydrogen) atoms. The van der Waals surface area contributed by atoms with Crippen LogP contribution < -0.4 is 5.73 Å². The molecule has 3 heteroatoms. The van der Waals surface area contributed by atoms with Crippen molar-refractivity contribution in [3.8, 4) is 0 Å². The van der Waals surface area contributed by atoms with Crippen LogP contribution in [0.2, 0.25) is 0 Å². The van der Waals surface area contributed by atoms with Gasteiger partial charge in [0, 0.05) is 17.9 Å². The first-order valence-electron chi connectivity index (χ1n) is 14.9. The summed E-state index contributed by atoms with van der Waals surface area (Å²) in [5, 5.41) is 0. The van der Waals surface area contributed by atoms with E-state index in [9.17, 15) is 4.79 Å². The molecule has 0 bridgehead atoms. The number of rotatable bonds is 4. The minimum atomic E-state index is -0.222. The van der Waals surface area contributed by atoms with Gasteiger partial charge in [0.25, 0.3) is 0 Å². The van der Waals surface area contributed by atoms with Crippen molar-refractivity contribution in [2.75, 3.05) is 6.61 Å². The monoisotopic (exact) mass is 483 g/mol. The summed E-state index contributed by atoms with van der Waals surface area (Å²) in [4.78, 5) is 11.9. The fraction of sp³-hybridized carbons (Fsp3) is 0.906. The van der Waals surface area contributed by atoms with Gasteiger partial charge in [0.05, 0.1) is 6.61 Å². The van der Waals surface area contributed by atoms with E-state index in [1.807, 2.05) is 0 Å². The summed E-state index contributed by atoms with van der Waals surface area (Å²) in [6.45, 7) is 19.1. The van der Waals surface area contributed by atoms with Crippen molar-refractivity contribution < 1.29 is 9.53 Å². The second-order valence-electron chi connectivity index (χ2n) is 14.8. The maximum atomic E-state index is 11.9. The van der Waals surface area contributed by atoms with Gasteiger partial charge in [-0.2, -0.15) is 0 Å². The number of nitrogens with two attached hydrogens (primary N) is 1. The molecule has 5 rings (SSSR count). The molecule has 0 aliphatic heterocycles. The molecule has 0 aromatic carbocycles. The Hall–Kier alpha value is -0.830. The third-order valence-electron chi connectivity index (χ3n) is 13.8. The van der Waals surface area contributed by atoms with Gasteiger partial charge >= 0.3 is 5.97 Å². The largest absolute Gasteiger partial charge is 0.465 e. The maximum absolute atomic E-state index is 11.9. The van der Waals surface area contributed by atoms with E-state index in [0.29, 0.717) is 23.9 Å². The van der Waals surface area contributed by atoms with Gasteiger partial charge in [-0.1, -0.05) is 46.3 Å². The number of fused-ring (bicyclic) bond motifs is 7. The topological polar surface area (TPSA) is 52.3 Å². The van der Waals surface area contributed by atoms with Crippen LogP contribution in [0.3, 0.4) is 0 Å². The van der Waals surface area contributed by atoms with Crippen molar-refractivity contribution in [3.05, 3.63) is 12.2 Å². The van der Waals surface area contributed by atoms with Crippen molar-refractivity contribution in [3.63, 3.8) is 0 Å². The predicted molar refractivity (Wildman–Crippen MR) is 144 cm³/mol. The minimum Gasteiger partial charge on any atom is -0.465 e. The average molecular weight is 484 g/mol. The SMILES string of the molecule is C=C(C)[C@@H]1CC[C@]2(COC(C)=O)CC[C@@]3(C)[C@]4(C)CCC5C[C@@H](CC)CC[C@]5(C)[C@H]4CC[C@]3(N)[C@@H]12. The molecule has 0 radical (unpaired) electrons. The fourth-order valence-corrected chi connectivity index (χ4v) is 11.6. The first-order chi connectivity index (χ1) is 16.4. The number of carbonyl (C=O) groups excluding carboxylic acids is 1. The third-order valence-corrected chi connectivity index (χ3v) is 13.8. The molecular weight excluding hydrogens is 430 g/mol. The zero-order chi connectivity index (χ0) is 25.4. The van der Waals surface area contributed by atoms with Gasteiger partial charge in [-0.3, -0.25) is 4.79 Å². The normalized spacial score (nSPS) is 53.1. The van der Waals surface area contributed by atoms with E-state index in [-0.39, 0.29) is 27.8 Å². The molecule has 5 aliphatic rings. The van der Waals surface area contributed by atoms with Crippen LogP contribution in [0.15, 0.2) is 12.2 Å². The van der Waals surface area contributed by atoms with Crippen LogP contribution in [0.1, 0.15) is 119 Å². The molecule has 3 nitrogen and oxygen atoms in total. The lowest BCUT2D eigenvalue weighted by Gasteiger charge is -2.74. The van der Waals surface area contributed by atoms with Gasteiger partial charge in [-0.25, -0.2) is 0 Å². The molecule has 1 unspecified atom stereocenters. The van der Waals surface area contributed by atoms with E-state index in [0.717, 1.165) is 43.4 Å². The van der Waals surface area contributed by atoms with E-state index in [2.05, 4.69) is 41.2 Å². The van der Waals surface area contributed by atoms with E-state index < -0.39 is 0 Å². The van der Waals surface area contributed by atoms with E-state index in [1.54, 1.807) is 6.92 Å². The number of hydrogen-bond donors (Lipinski definition) is 1. The lowest BCUT2D eigenvalue weighted by Crippen LogP contribution is -2.76. The fourth-order valence-electron chi connectivity index (χ4n) is 11.6. The van der Waals surface area contributed by atoms with Crippen molar-refractivity contribution >= 4 is 5.97 Å². The molecule has 5 fully saturated rings. The lowest BCUT2D eigenvalue weighted by molar-refractivity contribution is -0.238. The quantitative estimate of drug-likeness (QED) is 0.329. The summed E-state index contributed by atoms with van der Waals surface area (Å²) in [6, 6.07) is 0. The minimum absolute atomic E-state index is 0.0209. The summed E-state index contributed by atoms with van der Waals surface area (Å²) in [6.07, 6.45) is 15.4. The number of ether oxygens (including phenoxy) is 1. The Bertz CT molecular complexity index is 883. The maximum Gasteiger partial charge on any atom is 0.302 e. The zero-order valence-electron chi connectivity index (χ0n) is 23.7. The van der Waals surface area contributed by atoms with Gasteiger partial charge in [0.2, 0.25) is 0 Å². The lowest BCUT2D eigenvalue weighted by atomic mass is 9.31. The predicted octanol–water partition coefficient (Wildman–Crippen LogP) is 7.68. The van der Waals surface area contributed by atoms with Gasteiger partial charge in [-0.05, 0) is 123 Å². The summed E-state index contributed by atoms with van der Waals surface area (Å²) >= 11 is 0. The molecule has 0 saturated heterocycles. The van der Waals surface area contributed by atoms with E-state index in [1.165, 1.54) is 56.9 Å². The van der Waals surface area contributed by atoms with Crippen molar-refractivity contribution in [1.82, 2.24) is 0 Å². The molecular formula is C32H53NO2. The first-order valence-corrected chi connectivity index (χ1v) is 14.9. The van der Waals surface area contributed by atoms with Crippen LogP contribution >= 0.6 is 0 Å². The highest BCUT2D eigenvalue weighted by Crippen LogP contribution is 2.77. The zero-order valence-corrected chi connectivity index (χ0v) is 23.7. The Kier molecular flexibility index (Phi) is 6.15. The molecule has 0 aromatic heterocycles. The van der Waals surface area contributed by atoms with Gasteiger partial charge < -0.3 is 10.5 Å². The van der Waals surface area contributed by atoms with Crippen LogP contribution in [0.5, 0.6) is 0 Å². The highest BCUT2D eigenvalue weighted by atomic mass is 16.5. The molecule has 0 amide bonds. The third kappa shape index (κ3) is 3.34. The number of allylic oxidation sites excluding steroid dienone is 1. The Morgan fingerprint density at radius 3 is 2.37 bits per heavy atom. The highest BCUT2D eigenvalue weighted by Gasteiger charge is 2.74. The first kappa shape index (κ1) is 25.8. The van der Waals surface area contributed by atoms with Crippen LogP contribution in [-0.2, 0) is 9.53 Å². The Labute approximate surface area is 215 Å². The van der Waals surface area contributed by atoms with Crippen molar-refractivity contribution in [2.24, 2.45) is 57.0 Å². The van der Waals surface area contributed by atoms with Gasteiger partial charge in [0.1, 0.15) is 0 Å². The second-order valence-corrected chi connectivity index (χ2v) is 14.8. The summed E-state index contributed by atoms with van der Waals surface area (Å²) in [5.74, 6) is 3.28. The second kappa shape index (κ2) is 8.34. The summed E-state index contributed by atoms with van der Waals surface area (Å²) in [5.41, 5.74) is 9.82. The number of carbonyl (C=O) groups is 1. The van der Waals surface area contributed by atoms with Crippen LogP contribution in [0, 0.1) is 51.2 Å². The van der Waals surface area contributed by atoms with Crippen LogP contribution in [0.4, 0.5) is 0 Å². The number of hydrogen-bond acceptors (Lipinski definition) is 3. The van der Waals surface area contributed by atoms with E-state index >= 15 is 0 Å². The molecule has 0 spiro atoms. The van der Waals surface area contributed by atoms with E-state index in [4.69, 9.17) is 10.5 Å². The molecule has 10 atom stereocenters. The smallest absolute Gasteiger partial charge is 0.302 e. The van der Waals surface area contributed by atoms with Crippen molar-refractivity contribution in [2.45, 2.75) is 124 Å². The molecule has 0 aromatic rings. The molecule has 2 N–H and O–H groups in total. The van der Waals surface area contributed by atoms with Gasteiger partial charge in [-0.15, -0.1) is 0 Å². The summed E-state index contributed by atoms with van der Waals surface area (Å²) in [7, 11) is 0. The Balaban J connectivity index is 1.54. The van der Waals surface area contributed by atoms with Gasteiger partial charge in [0.15, 0.2) is 0 Å². The molecule has 0 heterocycles. The Morgan fingerprint density at radius 2 is 1.71 bits per heavy atom.